The van der Waals surface area contributed by atoms with E-state index in [0.29, 0.717) is 18.5 Å². The summed E-state index contributed by atoms with van der Waals surface area (Å²) < 4.78 is 5.63. The summed E-state index contributed by atoms with van der Waals surface area (Å²) in [4.78, 5) is 11.5. The lowest BCUT2D eigenvalue weighted by atomic mass is 10.0. The van der Waals surface area contributed by atoms with Crippen LogP contribution in [0.1, 0.15) is 32.1 Å². The Morgan fingerprint density at radius 1 is 1.47 bits per heavy atom. The SMILES string of the molecule is O=C(NCCCC1CCCCO1)Nc1cccnn1. The summed E-state index contributed by atoms with van der Waals surface area (Å²) in [6.07, 6.45) is 7.45. The highest BCUT2D eigenvalue weighted by Gasteiger charge is 2.13. The molecule has 2 N–H and O–H groups in total. The van der Waals surface area contributed by atoms with Crippen LogP contribution in [-0.2, 0) is 4.74 Å². The number of carbonyl (C=O) groups excluding carboxylic acids is 1. The number of rotatable bonds is 5. The number of nitrogens with zero attached hydrogens (tertiary/aromatic N) is 2. The molecule has 19 heavy (non-hydrogen) atoms. The van der Waals surface area contributed by atoms with Gasteiger partial charge in [-0.2, -0.15) is 5.10 Å². The molecule has 1 aromatic heterocycles. The summed E-state index contributed by atoms with van der Waals surface area (Å²) in [6.45, 7) is 1.53. The van der Waals surface area contributed by atoms with Gasteiger partial charge in [-0.15, -0.1) is 5.10 Å². The number of hydrogen-bond donors (Lipinski definition) is 2. The van der Waals surface area contributed by atoms with Gasteiger partial charge in [0.1, 0.15) is 0 Å². The van der Waals surface area contributed by atoms with E-state index in [-0.39, 0.29) is 6.03 Å². The highest BCUT2D eigenvalue weighted by Crippen LogP contribution is 2.16. The third kappa shape index (κ3) is 5.21. The largest absolute Gasteiger partial charge is 0.378 e. The Morgan fingerprint density at radius 3 is 3.16 bits per heavy atom. The molecule has 0 aromatic carbocycles. The maximum absolute atomic E-state index is 11.5. The molecule has 6 nitrogen and oxygen atoms in total. The zero-order valence-corrected chi connectivity index (χ0v) is 11.0. The number of anilines is 1. The van der Waals surface area contributed by atoms with Gasteiger partial charge in [-0.25, -0.2) is 4.79 Å². The molecule has 2 rings (SSSR count). The molecular weight excluding hydrogens is 244 g/mol. The summed E-state index contributed by atoms with van der Waals surface area (Å²) in [5.74, 6) is 0.454. The van der Waals surface area contributed by atoms with E-state index < -0.39 is 0 Å². The summed E-state index contributed by atoms with van der Waals surface area (Å²) in [5.41, 5.74) is 0. The molecule has 1 aliphatic heterocycles. The number of amides is 2. The average Bonchev–Trinajstić information content (AvgIpc) is 2.46. The molecule has 2 heterocycles. The van der Waals surface area contributed by atoms with E-state index in [4.69, 9.17) is 4.74 Å². The minimum absolute atomic E-state index is 0.245. The Kier molecular flexibility index (Phi) is 5.55. The van der Waals surface area contributed by atoms with Gasteiger partial charge < -0.3 is 10.1 Å². The lowest BCUT2D eigenvalue weighted by Gasteiger charge is -2.22. The van der Waals surface area contributed by atoms with E-state index >= 15 is 0 Å². The molecule has 1 fully saturated rings. The standard InChI is InChI=1S/C13H20N4O2/c18-13(16-12-7-4-9-15-17-12)14-8-3-6-11-5-1-2-10-19-11/h4,7,9,11H,1-3,5-6,8,10H2,(H2,14,16,17,18). The first kappa shape index (κ1) is 13.7. The zero-order valence-electron chi connectivity index (χ0n) is 11.0. The van der Waals surface area contributed by atoms with Crippen molar-refractivity contribution < 1.29 is 9.53 Å². The molecule has 0 bridgehead atoms. The smallest absolute Gasteiger partial charge is 0.320 e. The highest BCUT2D eigenvalue weighted by molar-refractivity contribution is 5.87. The third-order valence-corrected chi connectivity index (χ3v) is 3.08. The maximum Gasteiger partial charge on any atom is 0.320 e. The fraction of sp³-hybridized carbons (Fsp3) is 0.615. The Bertz CT molecular complexity index is 379. The molecule has 1 unspecified atom stereocenters. The predicted molar refractivity (Wildman–Crippen MR) is 71.9 cm³/mol. The Balaban J connectivity index is 1.56. The molecule has 2 amide bonds. The summed E-state index contributed by atoms with van der Waals surface area (Å²) in [6, 6.07) is 3.18. The highest BCUT2D eigenvalue weighted by atomic mass is 16.5. The molecule has 1 atom stereocenters. The van der Waals surface area contributed by atoms with Crippen molar-refractivity contribution in [2.24, 2.45) is 0 Å². The van der Waals surface area contributed by atoms with Crippen LogP contribution in [0.15, 0.2) is 18.3 Å². The van der Waals surface area contributed by atoms with Crippen molar-refractivity contribution in [1.29, 1.82) is 0 Å². The average molecular weight is 264 g/mol. The fourth-order valence-corrected chi connectivity index (χ4v) is 2.10. The second kappa shape index (κ2) is 7.68. The molecule has 6 heteroatoms. The summed E-state index contributed by atoms with van der Waals surface area (Å²) in [7, 11) is 0. The third-order valence-electron chi connectivity index (χ3n) is 3.08. The number of carbonyl (C=O) groups is 1. The van der Waals surface area contributed by atoms with Crippen LogP contribution in [0.2, 0.25) is 0 Å². The van der Waals surface area contributed by atoms with E-state index in [1.54, 1.807) is 18.3 Å². The van der Waals surface area contributed by atoms with E-state index in [2.05, 4.69) is 20.8 Å². The van der Waals surface area contributed by atoms with E-state index in [1.807, 2.05) is 0 Å². The first-order chi connectivity index (χ1) is 9.34. The normalized spacial score (nSPS) is 18.8. The van der Waals surface area contributed by atoms with Crippen LogP contribution < -0.4 is 10.6 Å². The fourth-order valence-electron chi connectivity index (χ4n) is 2.10. The topological polar surface area (TPSA) is 76.1 Å². The molecule has 0 aliphatic carbocycles. The van der Waals surface area contributed by atoms with Crippen LogP contribution in [0.25, 0.3) is 0 Å². The molecule has 0 saturated carbocycles. The number of hydrogen-bond acceptors (Lipinski definition) is 4. The van der Waals surface area contributed by atoms with Crippen LogP contribution in [0.4, 0.5) is 10.6 Å². The van der Waals surface area contributed by atoms with Crippen molar-refractivity contribution in [3.05, 3.63) is 18.3 Å². The van der Waals surface area contributed by atoms with E-state index in [1.165, 1.54) is 12.8 Å². The second-order valence-electron chi connectivity index (χ2n) is 4.62. The number of ether oxygens (including phenoxy) is 1. The lowest BCUT2D eigenvalue weighted by molar-refractivity contribution is 0.0103. The van der Waals surface area contributed by atoms with Gasteiger partial charge in [-0.1, -0.05) is 0 Å². The van der Waals surface area contributed by atoms with E-state index in [9.17, 15) is 4.79 Å². The Morgan fingerprint density at radius 2 is 2.42 bits per heavy atom. The van der Waals surface area contributed by atoms with Gasteiger partial charge in [0.25, 0.3) is 0 Å². The summed E-state index contributed by atoms with van der Waals surface area (Å²) in [5, 5.41) is 12.9. The van der Waals surface area contributed by atoms with Crippen molar-refractivity contribution in [1.82, 2.24) is 15.5 Å². The van der Waals surface area contributed by atoms with Gasteiger partial charge in [0, 0.05) is 19.3 Å². The molecule has 1 aromatic rings. The first-order valence-electron chi connectivity index (χ1n) is 6.79. The zero-order chi connectivity index (χ0) is 13.3. The maximum atomic E-state index is 11.5. The quantitative estimate of drug-likeness (QED) is 0.797. The van der Waals surface area contributed by atoms with Crippen molar-refractivity contribution in [2.45, 2.75) is 38.2 Å². The van der Waals surface area contributed by atoms with Crippen LogP contribution in [0.3, 0.4) is 0 Å². The van der Waals surface area contributed by atoms with Crippen LogP contribution in [-0.4, -0.2) is 35.5 Å². The Labute approximate surface area is 112 Å². The van der Waals surface area contributed by atoms with Gasteiger partial charge >= 0.3 is 6.03 Å². The molecular formula is C13H20N4O2. The van der Waals surface area contributed by atoms with Gasteiger partial charge in [0.15, 0.2) is 5.82 Å². The second-order valence-corrected chi connectivity index (χ2v) is 4.62. The number of nitrogens with one attached hydrogen (secondary N) is 2. The molecule has 1 aliphatic rings. The summed E-state index contributed by atoms with van der Waals surface area (Å²) >= 11 is 0. The van der Waals surface area contributed by atoms with Crippen molar-refractivity contribution in [3.8, 4) is 0 Å². The van der Waals surface area contributed by atoms with Gasteiger partial charge in [0.05, 0.1) is 6.10 Å². The number of urea groups is 1. The van der Waals surface area contributed by atoms with Crippen molar-refractivity contribution in [2.75, 3.05) is 18.5 Å². The lowest BCUT2D eigenvalue weighted by Crippen LogP contribution is -2.30. The molecule has 0 spiro atoms. The van der Waals surface area contributed by atoms with Crippen LogP contribution in [0, 0.1) is 0 Å². The number of aromatic nitrogens is 2. The van der Waals surface area contributed by atoms with Crippen LogP contribution >= 0.6 is 0 Å². The van der Waals surface area contributed by atoms with Crippen molar-refractivity contribution in [3.63, 3.8) is 0 Å². The first-order valence-corrected chi connectivity index (χ1v) is 6.79. The Hall–Kier alpha value is -1.69. The van der Waals surface area contributed by atoms with Gasteiger partial charge in [0.2, 0.25) is 0 Å². The predicted octanol–water partition coefficient (Wildman–Crippen LogP) is 1.95. The van der Waals surface area contributed by atoms with E-state index in [0.717, 1.165) is 25.9 Å². The van der Waals surface area contributed by atoms with Gasteiger partial charge in [-0.05, 0) is 44.2 Å². The minimum Gasteiger partial charge on any atom is -0.378 e. The molecule has 1 saturated heterocycles. The van der Waals surface area contributed by atoms with Gasteiger partial charge in [-0.3, -0.25) is 5.32 Å². The van der Waals surface area contributed by atoms with Crippen LogP contribution in [0.5, 0.6) is 0 Å². The minimum atomic E-state index is -0.245. The van der Waals surface area contributed by atoms with Crippen molar-refractivity contribution >= 4 is 11.8 Å². The monoisotopic (exact) mass is 264 g/mol. The molecule has 104 valence electrons. The molecule has 0 radical (unpaired) electrons.